The van der Waals surface area contributed by atoms with Gasteiger partial charge in [-0.2, -0.15) is 0 Å². The molecule has 2 aliphatic rings. The number of hydrogen-bond acceptors (Lipinski definition) is 3. The summed E-state index contributed by atoms with van der Waals surface area (Å²) in [5.41, 5.74) is 2.94. The summed E-state index contributed by atoms with van der Waals surface area (Å²) >= 11 is 6.08. The first-order chi connectivity index (χ1) is 14.5. The lowest BCUT2D eigenvalue weighted by Crippen LogP contribution is -2.47. The summed E-state index contributed by atoms with van der Waals surface area (Å²) in [4.78, 5) is 29.4. The number of hydrogen-bond donors (Lipinski definition) is 1. The van der Waals surface area contributed by atoms with Gasteiger partial charge in [-0.1, -0.05) is 41.9 Å². The van der Waals surface area contributed by atoms with E-state index in [-0.39, 0.29) is 11.8 Å². The predicted molar refractivity (Wildman–Crippen MR) is 118 cm³/mol. The van der Waals surface area contributed by atoms with Crippen molar-refractivity contribution in [3.63, 3.8) is 0 Å². The molecule has 0 bridgehead atoms. The quantitative estimate of drug-likeness (QED) is 0.767. The average Bonchev–Trinajstić information content (AvgIpc) is 3.09. The van der Waals surface area contributed by atoms with Crippen LogP contribution in [0, 0.1) is 5.92 Å². The molecule has 0 aromatic heterocycles. The van der Waals surface area contributed by atoms with E-state index in [0.717, 1.165) is 43.1 Å². The lowest BCUT2D eigenvalue weighted by molar-refractivity contribution is -0.125. The SMILES string of the molecule is C[C@H](C(=O)NCC1CCN(Cc2cccc(Cl)c2)CC1)N1Cc2ccccc2C1=O. The van der Waals surface area contributed by atoms with Gasteiger partial charge < -0.3 is 10.2 Å². The highest BCUT2D eigenvalue weighted by Crippen LogP contribution is 2.24. The van der Waals surface area contributed by atoms with Gasteiger partial charge in [-0.3, -0.25) is 14.5 Å². The number of benzene rings is 2. The van der Waals surface area contributed by atoms with Crippen LogP contribution >= 0.6 is 11.6 Å². The minimum absolute atomic E-state index is 0.0532. The van der Waals surface area contributed by atoms with Crippen molar-refractivity contribution in [2.75, 3.05) is 19.6 Å². The Labute approximate surface area is 183 Å². The van der Waals surface area contributed by atoms with Crippen molar-refractivity contribution in [3.05, 3.63) is 70.2 Å². The third-order valence-electron chi connectivity index (χ3n) is 6.26. The number of piperidine rings is 1. The molecular weight excluding hydrogens is 398 g/mol. The van der Waals surface area contributed by atoms with Crippen LogP contribution in [0.15, 0.2) is 48.5 Å². The lowest BCUT2D eigenvalue weighted by atomic mass is 9.96. The highest BCUT2D eigenvalue weighted by molar-refractivity contribution is 6.30. The van der Waals surface area contributed by atoms with Crippen LogP contribution in [-0.2, 0) is 17.9 Å². The molecule has 5 nitrogen and oxygen atoms in total. The number of fused-ring (bicyclic) bond motifs is 1. The zero-order chi connectivity index (χ0) is 21.1. The second kappa shape index (κ2) is 9.19. The van der Waals surface area contributed by atoms with Crippen molar-refractivity contribution in [2.45, 2.75) is 38.9 Å². The first-order valence-electron chi connectivity index (χ1n) is 10.6. The van der Waals surface area contributed by atoms with Crippen LogP contribution in [0.5, 0.6) is 0 Å². The van der Waals surface area contributed by atoms with Crippen molar-refractivity contribution < 1.29 is 9.59 Å². The highest BCUT2D eigenvalue weighted by Gasteiger charge is 2.33. The van der Waals surface area contributed by atoms with Gasteiger partial charge in [0.1, 0.15) is 6.04 Å². The van der Waals surface area contributed by atoms with Gasteiger partial charge in [0.2, 0.25) is 5.91 Å². The van der Waals surface area contributed by atoms with Gasteiger partial charge in [0, 0.05) is 30.2 Å². The maximum absolute atomic E-state index is 12.7. The summed E-state index contributed by atoms with van der Waals surface area (Å²) in [5.74, 6) is 0.350. The lowest BCUT2D eigenvalue weighted by Gasteiger charge is -2.32. The van der Waals surface area contributed by atoms with Crippen LogP contribution in [0.2, 0.25) is 5.02 Å². The van der Waals surface area contributed by atoms with E-state index in [1.54, 1.807) is 4.90 Å². The third kappa shape index (κ3) is 4.68. The second-order valence-electron chi connectivity index (χ2n) is 8.36. The molecule has 1 N–H and O–H groups in total. The number of amides is 2. The molecule has 0 unspecified atom stereocenters. The Morgan fingerprint density at radius 3 is 2.67 bits per heavy atom. The number of carbonyl (C=O) groups excluding carboxylic acids is 2. The molecule has 2 aliphatic heterocycles. The van der Waals surface area contributed by atoms with Gasteiger partial charge in [-0.05, 0) is 68.1 Å². The summed E-state index contributed by atoms with van der Waals surface area (Å²) in [6.45, 7) is 5.93. The molecule has 1 saturated heterocycles. The van der Waals surface area contributed by atoms with Gasteiger partial charge in [0.05, 0.1) is 0 Å². The zero-order valence-corrected chi connectivity index (χ0v) is 18.1. The Bertz CT molecular complexity index is 924. The van der Waals surface area contributed by atoms with Gasteiger partial charge in [0.25, 0.3) is 5.91 Å². The van der Waals surface area contributed by atoms with E-state index in [2.05, 4.69) is 16.3 Å². The van der Waals surface area contributed by atoms with Gasteiger partial charge >= 0.3 is 0 Å². The van der Waals surface area contributed by atoms with Gasteiger partial charge in [-0.15, -0.1) is 0 Å². The van der Waals surface area contributed by atoms with Crippen LogP contribution < -0.4 is 5.32 Å². The van der Waals surface area contributed by atoms with E-state index in [1.165, 1.54) is 5.56 Å². The summed E-state index contributed by atoms with van der Waals surface area (Å²) in [6.07, 6.45) is 2.12. The number of carbonyl (C=O) groups is 2. The molecule has 1 fully saturated rings. The smallest absolute Gasteiger partial charge is 0.255 e. The van der Waals surface area contributed by atoms with Crippen LogP contribution in [-0.4, -0.2) is 47.3 Å². The summed E-state index contributed by atoms with van der Waals surface area (Å²) in [5, 5.41) is 3.86. The van der Waals surface area contributed by atoms with Gasteiger partial charge in [-0.25, -0.2) is 0 Å². The number of nitrogens with one attached hydrogen (secondary N) is 1. The molecule has 0 spiro atoms. The molecule has 30 heavy (non-hydrogen) atoms. The Balaban J connectivity index is 1.22. The highest BCUT2D eigenvalue weighted by atomic mass is 35.5. The van der Waals surface area contributed by atoms with E-state index >= 15 is 0 Å². The fourth-order valence-electron chi connectivity index (χ4n) is 4.37. The third-order valence-corrected chi connectivity index (χ3v) is 6.50. The Hall–Kier alpha value is -2.37. The van der Waals surface area contributed by atoms with E-state index in [1.807, 2.05) is 49.4 Å². The van der Waals surface area contributed by atoms with Crippen LogP contribution in [0.4, 0.5) is 0 Å². The fraction of sp³-hybridized carbons (Fsp3) is 0.417. The van der Waals surface area contributed by atoms with Crippen molar-refractivity contribution in [3.8, 4) is 0 Å². The maximum Gasteiger partial charge on any atom is 0.255 e. The van der Waals surface area contributed by atoms with Crippen molar-refractivity contribution >= 4 is 23.4 Å². The maximum atomic E-state index is 12.7. The van der Waals surface area contributed by atoms with Crippen LogP contribution in [0.3, 0.4) is 0 Å². The first kappa shape index (κ1) is 20.9. The minimum atomic E-state index is -0.465. The molecule has 2 aromatic carbocycles. The Morgan fingerprint density at radius 2 is 1.93 bits per heavy atom. The topological polar surface area (TPSA) is 52.7 Å². The van der Waals surface area contributed by atoms with Crippen molar-refractivity contribution in [1.82, 2.24) is 15.1 Å². The molecule has 0 aliphatic carbocycles. The number of rotatable bonds is 6. The molecule has 2 heterocycles. The molecule has 0 radical (unpaired) electrons. The molecule has 1 atom stereocenters. The summed E-state index contributed by atoms with van der Waals surface area (Å²) < 4.78 is 0. The normalized spacial score (nSPS) is 18.3. The van der Waals surface area contributed by atoms with E-state index in [9.17, 15) is 9.59 Å². The molecule has 2 aromatic rings. The Morgan fingerprint density at radius 1 is 1.17 bits per heavy atom. The number of likely N-dealkylation sites (tertiary alicyclic amines) is 1. The standard InChI is InChI=1S/C24H28ClN3O2/c1-17(28-16-20-6-2-3-8-22(20)24(28)30)23(29)26-14-18-9-11-27(12-10-18)15-19-5-4-7-21(25)13-19/h2-8,13,17-18H,9-12,14-16H2,1H3,(H,26,29)/t17-/m1/s1. The molecule has 158 valence electrons. The molecule has 2 amide bonds. The molecule has 4 rings (SSSR count). The van der Waals surface area contributed by atoms with Crippen LogP contribution in [0.1, 0.15) is 41.3 Å². The largest absolute Gasteiger partial charge is 0.354 e. The fourth-order valence-corrected chi connectivity index (χ4v) is 4.58. The monoisotopic (exact) mass is 425 g/mol. The Kier molecular flexibility index (Phi) is 6.40. The zero-order valence-electron chi connectivity index (χ0n) is 17.3. The second-order valence-corrected chi connectivity index (χ2v) is 8.80. The van der Waals surface area contributed by atoms with Crippen LogP contribution in [0.25, 0.3) is 0 Å². The molecule has 0 saturated carbocycles. The van der Waals surface area contributed by atoms with Crippen molar-refractivity contribution in [1.29, 1.82) is 0 Å². The van der Waals surface area contributed by atoms with E-state index in [4.69, 9.17) is 11.6 Å². The van der Waals surface area contributed by atoms with Gasteiger partial charge in [0.15, 0.2) is 0 Å². The summed E-state index contributed by atoms with van der Waals surface area (Å²) in [6, 6.07) is 15.1. The summed E-state index contributed by atoms with van der Waals surface area (Å²) in [7, 11) is 0. The number of halogens is 1. The predicted octanol–water partition coefficient (Wildman–Crippen LogP) is 3.71. The van der Waals surface area contributed by atoms with E-state index < -0.39 is 6.04 Å². The minimum Gasteiger partial charge on any atom is -0.354 e. The van der Waals surface area contributed by atoms with Crippen molar-refractivity contribution in [2.24, 2.45) is 5.92 Å². The average molecular weight is 426 g/mol. The molecular formula is C24H28ClN3O2. The first-order valence-corrected chi connectivity index (χ1v) is 11.0. The number of nitrogens with zero attached hydrogens (tertiary/aromatic N) is 2. The van der Waals surface area contributed by atoms with E-state index in [0.29, 0.717) is 24.6 Å². The molecule has 6 heteroatoms.